The molecule has 2 rings (SSSR count). The molecule has 0 aliphatic heterocycles. The first-order valence-corrected chi connectivity index (χ1v) is 7.77. The van der Waals surface area contributed by atoms with E-state index in [4.69, 9.17) is 5.73 Å². The topological polar surface area (TPSA) is 85.1 Å². The van der Waals surface area contributed by atoms with Gasteiger partial charge in [-0.15, -0.1) is 0 Å². The number of halogens is 2. The van der Waals surface area contributed by atoms with Crippen molar-refractivity contribution in [2.75, 3.05) is 10.5 Å². The number of nitrogens with zero attached hydrogens (tertiary/aromatic N) is 1. The van der Waals surface area contributed by atoms with E-state index in [2.05, 4.69) is 25.6 Å². The van der Waals surface area contributed by atoms with Gasteiger partial charge in [0.2, 0.25) is 0 Å². The number of rotatable bonds is 3. The smallest absolute Gasteiger partial charge is 0.265 e. The lowest BCUT2D eigenvalue weighted by Crippen LogP contribution is -2.16. The van der Waals surface area contributed by atoms with E-state index in [1.807, 2.05) is 0 Å². The van der Waals surface area contributed by atoms with Crippen LogP contribution in [-0.4, -0.2) is 13.4 Å². The van der Waals surface area contributed by atoms with Crippen molar-refractivity contribution in [1.82, 2.24) is 4.98 Å². The van der Waals surface area contributed by atoms with Crippen molar-refractivity contribution in [3.05, 3.63) is 46.4 Å². The van der Waals surface area contributed by atoms with Crippen LogP contribution < -0.4 is 10.5 Å². The Hall–Kier alpha value is -1.67. The molecule has 0 amide bonds. The quantitative estimate of drug-likeness (QED) is 0.881. The molecule has 0 bridgehead atoms. The standard InChI is InChI=1S/C12H11BrFN3O2S/c1-7-4-9(14)8(13)5-11(7)17-20(18,19)12-6-16-3-2-10(12)15/h2-6,17H,1H3,(H2,15,16). The van der Waals surface area contributed by atoms with Gasteiger partial charge in [0.15, 0.2) is 0 Å². The normalized spacial score (nSPS) is 11.3. The number of nitrogens with one attached hydrogen (secondary N) is 1. The van der Waals surface area contributed by atoms with Gasteiger partial charge in [-0.1, -0.05) is 0 Å². The van der Waals surface area contributed by atoms with Crippen LogP contribution in [0.1, 0.15) is 5.56 Å². The van der Waals surface area contributed by atoms with Crippen LogP contribution in [0.4, 0.5) is 15.8 Å². The molecule has 0 radical (unpaired) electrons. The highest BCUT2D eigenvalue weighted by Gasteiger charge is 2.19. The van der Waals surface area contributed by atoms with E-state index in [0.717, 1.165) is 6.20 Å². The molecule has 0 spiro atoms. The first-order chi connectivity index (χ1) is 9.31. The minimum atomic E-state index is -3.88. The Morgan fingerprint density at radius 1 is 1.40 bits per heavy atom. The van der Waals surface area contributed by atoms with Gasteiger partial charge in [0.05, 0.1) is 15.8 Å². The minimum absolute atomic E-state index is 0.0892. The molecule has 0 atom stereocenters. The van der Waals surface area contributed by atoms with Crippen LogP contribution in [0.5, 0.6) is 0 Å². The van der Waals surface area contributed by atoms with E-state index in [1.165, 1.54) is 24.4 Å². The molecule has 1 aromatic heterocycles. The summed E-state index contributed by atoms with van der Waals surface area (Å²) in [5.74, 6) is -0.466. The van der Waals surface area contributed by atoms with Gasteiger partial charge in [0.25, 0.3) is 10.0 Å². The molecule has 3 N–H and O–H groups in total. The Morgan fingerprint density at radius 3 is 2.75 bits per heavy atom. The molecule has 5 nitrogen and oxygen atoms in total. The highest BCUT2D eigenvalue weighted by atomic mass is 79.9. The van der Waals surface area contributed by atoms with Crippen LogP contribution in [0, 0.1) is 12.7 Å². The van der Waals surface area contributed by atoms with Crippen molar-refractivity contribution in [2.45, 2.75) is 11.8 Å². The van der Waals surface area contributed by atoms with Gasteiger partial charge in [-0.2, -0.15) is 0 Å². The predicted molar refractivity (Wildman–Crippen MR) is 78.3 cm³/mol. The third kappa shape index (κ3) is 2.91. The van der Waals surface area contributed by atoms with Crippen LogP contribution in [-0.2, 0) is 10.0 Å². The van der Waals surface area contributed by atoms with Crippen LogP contribution in [0.2, 0.25) is 0 Å². The summed E-state index contributed by atoms with van der Waals surface area (Å²) in [5, 5.41) is 0. The van der Waals surface area contributed by atoms with Gasteiger partial charge in [-0.3, -0.25) is 9.71 Å². The highest BCUT2D eigenvalue weighted by molar-refractivity contribution is 9.10. The average Bonchev–Trinajstić information content (AvgIpc) is 2.36. The fourth-order valence-electron chi connectivity index (χ4n) is 1.57. The number of hydrogen-bond donors (Lipinski definition) is 2. The average molecular weight is 360 g/mol. The number of aromatic nitrogens is 1. The Morgan fingerprint density at radius 2 is 2.10 bits per heavy atom. The lowest BCUT2D eigenvalue weighted by atomic mass is 10.2. The number of aryl methyl sites for hydroxylation is 1. The maximum absolute atomic E-state index is 13.3. The molecule has 0 aliphatic carbocycles. The maximum Gasteiger partial charge on any atom is 0.265 e. The van der Waals surface area contributed by atoms with Gasteiger partial charge in [-0.25, -0.2) is 12.8 Å². The Balaban J connectivity index is 2.44. The molecule has 8 heteroatoms. The molecule has 0 aliphatic rings. The molecule has 106 valence electrons. The highest BCUT2D eigenvalue weighted by Crippen LogP contribution is 2.27. The Labute approximate surface area is 124 Å². The number of sulfonamides is 1. The van der Waals surface area contributed by atoms with Gasteiger partial charge >= 0.3 is 0 Å². The number of hydrogen-bond acceptors (Lipinski definition) is 4. The molecule has 20 heavy (non-hydrogen) atoms. The number of nitrogen functional groups attached to an aromatic ring is 1. The second-order valence-corrected chi connectivity index (χ2v) is 6.61. The van der Waals surface area contributed by atoms with Crippen molar-refractivity contribution < 1.29 is 12.8 Å². The molecule has 0 saturated carbocycles. The lowest BCUT2D eigenvalue weighted by Gasteiger charge is -2.12. The van der Waals surface area contributed by atoms with Crippen LogP contribution in [0.15, 0.2) is 40.0 Å². The van der Waals surface area contributed by atoms with Gasteiger partial charge in [0.1, 0.15) is 10.7 Å². The van der Waals surface area contributed by atoms with Gasteiger partial charge in [-0.05, 0) is 46.6 Å². The van der Waals surface area contributed by atoms with E-state index in [1.54, 1.807) is 6.92 Å². The second-order valence-electron chi connectivity index (χ2n) is 4.10. The van der Waals surface area contributed by atoms with Crippen molar-refractivity contribution in [3.63, 3.8) is 0 Å². The third-order valence-corrected chi connectivity index (χ3v) is 4.63. The van der Waals surface area contributed by atoms with Crippen LogP contribution in [0.25, 0.3) is 0 Å². The summed E-state index contributed by atoms with van der Waals surface area (Å²) in [7, 11) is -3.88. The molecular weight excluding hydrogens is 349 g/mol. The summed E-state index contributed by atoms with van der Waals surface area (Å²) < 4.78 is 40.3. The fraction of sp³-hybridized carbons (Fsp3) is 0.0833. The zero-order valence-electron chi connectivity index (χ0n) is 10.4. The Bertz CT molecular complexity index is 765. The van der Waals surface area contributed by atoms with Crippen LogP contribution in [0.3, 0.4) is 0 Å². The van der Waals surface area contributed by atoms with E-state index >= 15 is 0 Å². The molecule has 0 saturated heterocycles. The number of nitrogens with two attached hydrogens (primary N) is 1. The summed E-state index contributed by atoms with van der Waals surface area (Å²) in [6.45, 7) is 1.60. The van der Waals surface area contributed by atoms with Crippen LogP contribution >= 0.6 is 15.9 Å². The molecule has 2 aromatic rings. The largest absolute Gasteiger partial charge is 0.398 e. The molecular formula is C12H11BrFN3O2S. The summed E-state index contributed by atoms with van der Waals surface area (Å²) in [6, 6.07) is 3.98. The second kappa shape index (κ2) is 5.37. The lowest BCUT2D eigenvalue weighted by molar-refractivity contribution is 0.600. The zero-order chi connectivity index (χ0) is 14.9. The van der Waals surface area contributed by atoms with E-state index in [9.17, 15) is 12.8 Å². The first kappa shape index (κ1) is 14.7. The molecule has 0 fully saturated rings. The summed E-state index contributed by atoms with van der Waals surface area (Å²) in [5.41, 5.74) is 6.43. The fourth-order valence-corrected chi connectivity index (χ4v) is 3.11. The van der Waals surface area contributed by atoms with Crippen molar-refractivity contribution >= 4 is 37.3 Å². The first-order valence-electron chi connectivity index (χ1n) is 5.49. The summed E-state index contributed by atoms with van der Waals surface area (Å²) in [6.07, 6.45) is 2.56. The van der Waals surface area contributed by atoms with Gasteiger partial charge < -0.3 is 5.73 Å². The maximum atomic E-state index is 13.3. The molecule has 1 heterocycles. The SMILES string of the molecule is Cc1cc(F)c(Br)cc1NS(=O)(=O)c1cnccc1N. The van der Waals surface area contributed by atoms with Crippen molar-refractivity contribution in [3.8, 4) is 0 Å². The van der Waals surface area contributed by atoms with E-state index in [0.29, 0.717) is 5.56 Å². The van der Waals surface area contributed by atoms with Gasteiger partial charge in [0, 0.05) is 12.4 Å². The number of pyridine rings is 1. The molecule has 0 unspecified atom stereocenters. The summed E-state index contributed by atoms with van der Waals surface area (Å²) in [4.78, 5) is 3.61. The number of benzene rings is 1. The Kier molecular flexibility index (Phi) is 3.96. The predicted octanol–water partition coefficient (Wildman–Crippen LogP) is 2.67. The molecule has 1 aromatic carbocycles. The van der Waals surface area contributed by atoms with Crippen molar-refractivity contribution in [1.29, 1.82) is 0 Å². The van der Waals surface area contributed by atoms with Crippen molar-refractivity contribution in [2.24, 2.45) is 0 Å². The van der Waals surface area contributed by atoms with E-state index < -0.39 is 15.8 Å². The minimum Gasteiger partial charge on any atom is -0.398 e. The summed E-state index contributed by atoms with van der Waals surface area (Å²) >= 11 is 3.01. The monoisotopic (exact) mass is 359 g/mol. The van der Waals surface area contributed by atoms with E-state index in [-0.39, 0.29) is 20.7 Å². The number of anilines is 2. The zero-order valence-corrected chi connectivity index (χ0v) is 12.8. The third-order valence-electron chi connectivity index (χ3n) is 2.62.